The molecule has 0 N–H and O–H groups in total. The van der Waals surface area contributed by atoms with Gasteiger partial charge >= 0.3 is 0 Å². The molecule has 0 atom stereocenters. The number of aromatic nitrogens is 3. The zero-order valence-corrected chi connectivity index (χ0v) is 14.1. The molecule has 6 nitrogen and oxygen atoms in total. The molecule has 1 fully saturated rings. The summed E-state index contributed by atoms with van der Waals surface area (Å²) in [6.07, 6.45) is 3.09. The molecule has 1 aliphatic heterocycles. The highest BCUT2D eigenvalue weighted by molar-refractivity contribution is 5.94. The number of halogens is 1. The van der Waals surface area contributed by atoms with Crippen LogP contribution in [0.1, 0.15) is 10.4 Å². The maximum Gasteiger partial charge on any atom is 0.253 e. The van der Waals surface area contributed by atoms with Crippen LogP contribution < -0.4 is 4.90 Å². The highest BCUT2D eigenvalue weighted by atomic mass is 19.1. The third-order valence-corrected chi connectivity index (χ3v) is 4.56. The van der Waals surface area contributed by atoms with Gasteiger partial charge in [-0.1, -0.05) is 0 Å². The fraction of sp³-hybridized carbons (Fsp3) is 0.211. The Hall–Kier alpha value is -3.22. The van der Waals surface area contributed by atoms with Crippen molar-refractivity contribution in [1.29, 1.82) is 0 Å². The number of benzene rings is 2. The lowest BCUT2D eigenvalue weighted by atomic mass is 10.1. The normalized spacial score (nSPS) is 14.5. The van der Waals surface area contributed by atoms with E-state index in [1.807, 2.05) is 29.2 Å². The highest BCUT2D eigenvalue weighted by Gasteiger charge is 2.22. The van der Waals surface area contributed by atoms with Gasteiger partial charge in [-0.3, -0.25) is 4.79 Å². The molecule has 132 valence electrons. The van der Waals surface area contributed by atoms with Crippen LogP contribution in [-0.4, -0.2) is 51.8 Å². The first-order valence-corrected chi connectivity index (χ1v) is 8.45. The van der Waals surface area contributed by atoms with E-state index in [1.165, 1.54) is 18.5 Å². The Labute approximate surface area is 150 Å². The second-order valence-corrected chi connectivity index (χ2v) is 6.14. The largest absolute Gasteiger partial charge is 0.368 e. The first-order valence-electron chi connectivity index (χ1n) is 8.45. The third-order valence-electron chi connectivity index (χ3n) is 4.56. The second-order valence-electron chi connectivity index (χ2n) is 6.14. The van der Waals surface area contributed by atoms with Crippen molar-refractivity contribution in [3.63, 3.8) is 0 Å². The van der Waals surface area contributed by atoms with Gasteiger partial charge in [0.05, 0.1) is 5.69 Å². The average molecular weight is 351 g/mol. The van der Waals surface area contributed by atoms with Crippen molar-refractivity contribution in [2.75, 3.05) is 31.1 Å². The van der Waals surface area contributed by atoms with Gasteiger partial charge in [-0.15, -0.1) is 0 Å². The van der Waals surface area contributed by atoms with Gasteiger partial charge < -0.3 is 9.80 Å². The highest BCUT2D eigenvalue weighted by Crippen LogP contribution is 2.18. The van der Waals surface area contributed by atoms with Gasteiger partial charge in [0.25, 0.3) is 5.91 Å². The van der Waals surface area contributed by atoms with E-state index < -0.39 is 0 Å². The van der Waals surface area contributed by atoms with Crippen LogP contribution in [-0.2, 0) is 0 Å². The molecule has 0 aliphatic carbocycles. The Morgan fingerprint density at radius 3 is 2.15 bits per heavy atom. The number of hydrogen-bond acceptors (Lipinski definition) is 4. The predicted octanol–water partition coefficient (Wildman–Crippen LogP) is 2.37. The van der Waals surface area contributed by atoms with Crippen molar-refractivity contribution >= 4 is 11.6 Å². The lowest BCUT2D eigenvalue weighted by Crippen LogP contribution is -2.48. The molecule has 1 amide bonds. The standard InChI is InChI=1S/C19H18FN5O/c20-16-3-7-17(8-4-16)23-9-11-24(12-10-23)19(26)15-1-5-18(6-2-15)25-14-21-13-22-25/h1-8,13-14H,9-12H2. The van der Waals surface area contributed by atoms with Crippen molar-refractivity contribution in [3.8, 4) is 5.69 Å². The minimum atomic E-state index is -0.239. The van der Waals surface area contributed by atoms with Gasteiger partial charge in [-0.25, -0.2) is 14.1 Å². The number of carbonyl (C=O) groups is 1. The molecule has 7 heteroatoms. The molecule has 1 aliphatic rings. The first kappa shape index (κ1) is 16.3. The SMILES string of the molecule is O=C(c1ccc(-n2cncn2)cc1)N1CCN(c2ccc(F)cc2)CC1. The summed E-state index contributed by atoms with van der Waals surface area (Å²) >= 11 is 0. The molecule has 1 aromatic heterocycles. The number of piperazine rings is 1. The molecule has 0 saturated carbocycles. The maximum atomic E-state index is 13.0. The van der Waals surface area contributed by atoms with Crippen molar-refractivity contribution in [2.24, 2.45) is 0 Å². The van der Waals surface area contributed by atoms with Crippen molar-refractivity contribution in [2.45, 2.75) is 0 Å². The summed E-state index contributed by atoms with van der Waals surface area (Å²) in [5.41, 5.74) is 2.50. The van der Waals surface area contributed by atoms with Crippen molar-refractivity contribution in [1.82, 2.24) is 19.7 Å². The molecule has 4 rings (SSSR count). The Morgan fingerprint density at radius 1 is 0.885 bits per heavy atom. The lowest BCUT2D eigenvalue weighted by molar-refractivity contribution is 0.0747. The smallest absolute Gasteiger partial charge is 0.253 e. The predicted molar refractivity (Wildman–Crippen MR) is 95.9 cm³/mol. The van der Waals surface area contributed by atoms with Gasteiger partial charge in [-0.2, -0.15) is 5.10 Å². The molecule has 1 saturated heterocycles. The number of carbonyl (C=O) groups excluding carboxylic acids is 1. The van der Waals surface area contributed by atoms with E-state index in [0.29, 0.717) is 18.7 Å². The van der Waals surface area contributed by atoms with Gasteiger partial charge in [0.1, 0.15) is 18.5 Å². The van der Waals surface area contributed by atoms with Crippen LogP contribution in [0.15, 0.2) is 61.2 Å². The number of anilines is 1. The summed E-state index contributed by atoms with van der Waals surface area (Å²) in [7, 11) is 0. The molecule has 0 radical (unpaired) electrons. The summed E-state index contributed by atoms with van der Waals surface area (Å²) in [6.45, 7) is 2.74. The van der Waals surface area contributed by atoms with Crippen LogP contribution in [0.25, 0.3) is 5.69 Å². The van der Waals surface area contributed by atoms with Crippen molar-refractivity contribution < 1.29 is 9.18 Å². The van der Waals surface area contributed by atoms with Gasteiger partial charge in [0.15, 0.2) is 0 Å². The topological polar surface area (TPSA) is 54.3 Å². The maximum absolute atomic E-state index is 13.0. The van der Waals surface area contributed by atoms with E-state index in [9.17, 15) is 9.18 Å². The lowest BCUT2D eigenvalue weighted by Gasteiger charge is -2.36. The van der Waals surface area contributed by atoms with Crippen LogP contribution in [0.5, 0.6) is 0 Å². The van der Waals surface area contributed by atoms with Crippen LogP contribution in [0.4, 0.5) is 10.1 Å². The van der Waals surface area contributed by atoms with Gasteiger partial charge in [0, 0.05) is 37.4 Å². The number of rotatable bonds is 3. The summed E-state index contributed by atoms with van der Waals surface area (Å²) in [4.78, 5) is 20.6. The van der Waals surface area contributed by atoms with E-state index in [0.717, 1.165) is 24.5 Å². The molecule has 3 aromatic rings. The molecule has 2 aromatic carbocycles. The van der Waals surface area contributed by atoms with Crippen molar-refractivity contribution in [3.05, 3.63) is 72.6 Å². The Kier molecular flexibility index (Phi) is 4.35. The summed E-state index contributed by atoms with van der Waals surface area (Å²) in [5, 5.41) is 4.07. The van der Waals surface area contributed by atoms with Gasteiger partial charge in [-0.05, 0) is 48.5 Å². The first-order chi connectivity index (χ1) is 12.7. The molecular weight excluding hydrogens is 333 g/mol. The quantitative estimate of drug-likeness (QED) is 0.727. The number of nitrogens with zero attached hydrogens (tertiary/aromatic N) is 5. The van der Waals surface area contributed by atoms with Gasteiger partial charge in [0.2, 0.25) is 0 Å². The van der Waals surface area contributed by atoms with E-state index in [2.05, 4.69) is 15.0 Å². The fourth-order valence-corrected chi connectivity index (χ4v) is 3.10. The molecule has 2 heterocycles. The molecular formula is C19H18FN5O. The molecule has 26 heavy (non-hydrogen) atoms. The summed E-state index contributed by atoms with van der Waals surface area (Å²) in [6, 6.07) is 13.8. The second kappa shape index (κ2) is 6.95. The minimum absolute atomic E-state index is 0.0221. The molecule has 0 unspecified atom stereocenters. The molecule has 0 bridgehead atoms. The van der Waals surface area contributed by atoms with E-state index >= 15 is 0 Å². The van der Waals surface area contributed by atoms with E-state index in [-0.39, 0.29) is 11.7 Å². The number of hydrogen-bond donors (Lipinski definition) is 0. The van der Waals surface area contributed by atoms with E-state index in [1.54, 1.807) is 23.1 Å². The zero-order chi connectivity index (χ0) is 17.9. The summed E-state index contributed by atoms with van der Waals surface area (Å²) < 4.78 is 14.7. The zero-order valence-electron chi connectivity index (χ0n) is 14.1. The molecule has 0 spiro atoms. The van der Waals surface area contributed by atoms with E-state index in [4.69, 9.17) is 0 Å². The summed E-state index contributed by atoms with van der Waals surface area (Å²) in [5.74, 6) is -0.217. The average Bonchev–Trinajstić information content (AvgIpc) is 3.23. The Morgan fingerprint density at radius 2 is 1.54 bits per heavy atom. The monoisotopic (exact) mass is 351 g/mol. The van der Waals surface area contributed by atoms with Crippen LogP contribution in [0, 0.1) is 5.82 Å². The van der Waals surface area contributed by atoms with Crippen LogP contribution in [0.2, 0.25) is 0 Å². The Balaban J connectivity index is 1.39. The van der Waals surface area contributed by atoms with Crippen LogP contribution in [0.3, 0.4) is 0 Å². The number of amides is 1. The minimum Gasteiger partial charge on any atom is -0.368 e. The Bertz CT molecular complexity index is 869. The third kappa shape index (κ3) is 3.28. The van der Waals surface area contributed by atoms with Crippen LogP contribution >= 0.6 is 0 Å². The fourth-order valence-electron chi connectivity index (χ4n) is 3.10.